The molecule has 0 radical (unpaired) electrons. The highest BCUT2D eigenvalue weighted by molar-refractivity contribution is 5.86. The zero-order valence-corrected chi connectivity index (χ0v) is 15.5. The first kappa shape index (κ1) is 18.5. The Bertz CT molecular complexity index is 733. The molecule has 1 aromatic heterocycles. The van der Waals surface area contributed by atoms with Crippen molar-refractivity contribution in [3.8, 4) is 0 Å². The minimum absolute atomic E-state index is 0.163. The number of carbonyl (C=O) groups is 1. The van der Waals surface area contributed by atoms with Crippen LogP contribution in [0.15, 0.2) is 36.7 Å². The lowest BCUT2D eigenvalue weighted by Gasteiger charge is -2.40. The Kier molecular flexibility index (Phi) is 5.68. The van der Waals surface area contributed by atoms with E-state index in [1.165, 1.54) is 5.56 Å². The van der Waals surface area contributed by atoms with Crippen molar-refractivity contribution in [1.29, 1.82) is 0 Å². The third-order valence-corrected chi connectivity index (χ3v) is 4.96. The lowest BCUT2D eigenvalue weighted by molar-refractivity contribution is -0.159. The summed E-state index contributed by atoms with van der Waals surface area (Å²) in [5.74, 6) is 0.643. The van der Waals surface area contributed by atoms with Crippen LogP contribution in [0.5, 0.6) is 0 Å². The van der Waals surface area contributed by atoms with Gasteiger partial charge in [0.2, 0.25) is 0 Å². The Morgan fingerprint density at radius 1 is 1.31 bits per heavy atom. The van der Waals surface area contributed by atoms with Crippen molar-refractivity contribution in [3.63, 3.8) is 0 Å². The number of likely N-dealkylation sites (tertiary alicyclic amines) is 1. The number of benzene rings is 1. The van der Waals surface area contributed by atoms with Crippen LogP contribution in [0.25, 0.3) is 0 Å². The summed E-state index contributed by atoms with van der Waals surface area (Å²) in [5, 5.41) is 18.9. The maximum atomic E-state index is 12.9. The average molecular weight is 357 g/mol. The second-order valence-corrected chi connectivity index (χ2v) is 7.19. The molecular formula is C19H27N5O2. The highest BCUT2D eigenvalue weighted by Crippen LogP contribution is 2.24. The lowest BCUT2D eigenvalue weighted by atomic mass is 9.91. The summed E-state index contributed by atoms with van der Waals surface area (Å²) in [6.07, 6.45) is 3.76. The third kappa shape index (κ3) is 4.28. The Hall–Kier alpha value is -2.25. The largest absolute Gasteiger partial charge is 0.379 e. The first-order valence-electron chi connectivity index (χ1n) is 9.05. The van der Waals surface area contributed by atoms with Gasteiger partial charge in [0.05, 0.1) is 6.54 Å². The molecule has 140 valence electrons. The summed E-state index contributed by atoms with van der Waals surface area (Å²) < 4.78 is 1.84. The van der Waals surface area contributed by atoms with Gasteiger partial charge in [0, 0.05) is 26.7 Å². The zero-order valence-electron chi connectivity index (χ0n) is 15.5. The fourth-order valence-electron chi connectivity index (χ4n) is 3.53. The van der Waals surface area contributed by atoms with Crippen molar-refractivity contribution < 1.29 is 9.90 Å². The molecule has 3 rings (SSSR count). The van der Waals surface area contributed by atoms with E-state index in [-0.39, 0.29) is 5.91 Å². The zero-order chi connectivity index (χ0) is 18.6. The van der Waals surface area contributed by atoms with Crippen molar-refractivity contribution in [2.24, 2.45) is 7.05 Å². The predicted molar refractivity (Wildman–Crippen MR) is 98.2 cm³/mol. The normalized spacial score (nSPS) is 20.8. The van der Waals surface area contributed by atoms with Gasteiger partial charge in [0.25, 0.3) is 5.91 Å². The second-order valence-electron chi connectivity index (χ2n) is 7.19. The molecule has 1 saturated heterocycles. The number of aromatic nitrogens is 3. The second kappa shape index (κ2) is 7.97. The number of piperidine rings is 1. The van der Waals surface area contributed by atoms with Crippen molar-refractivity contribution >= 4 is 5.91 Å². The van der Waals surface area contributed by atoms with E-state index in [0.717, 1.165) is 18.7 Å². The highest BCUT2D eigenvalue weighted by atomic mass is 16.3. The van der Waals surface area contributed by atoms with Gasteiger partial charge in [-0.25, -0.2) is 0 Å². The van der Waals surface area contributed by atoms with E-state index in [9.17, 15) is 9.90 Å². The van der Waals surface area contributed by atoms with Crippen molar-refractivity contribution in [1.82, 2.24) is 24.6 Å². The van der Waals surface area contributed by atoms with Gasteiger partial charge >= 0.3 is 0 Å². The number of aryl methyl sites for hydroxylation is 1. The van der Waals surface area contributed by atoms with Crippen LogP contribution in [0, 0.1) is 0 Å². The van der Waals surface area contributed by atoms with Gasteiger partial charge in [0.15, 0.2) is 5.60 Å². The number of likely N-dealkylation sites (N-methyl/N-ethyl adjacent to an activating group) is 1. The maximum Gasteiger partial charge on any atom is 0.255 e. The van der Waals surface area contributed by atoms with Crippen LogP contribution >= 0.6 is 0 Å². The fraction of sp³-hybridized carbons (Fsp3) is 0.526. The van der Waals surface area contributed by atoms with Gasteiger partial charge in [-0.1, -0.05) is 30.3 Å². The van der Waals surface area contributed by atoms with Crippen molar-refractivity contribution in [2.45, 2.75) is 31.4 Å². The van der Waals surface area contributed by atoms with E-state index < -0.39 is 5.60 Å². The molecule has 0 bridgehead atoms. The van der Waals surface area contributed by atoms with E-state index >= 15 is 0 Å². The van der Waals surface area contributed by atoms with Gasteiger partial charge in [0.1, 0.15) is 12.2 Å². The first-order chi connectivity index (χ1) is 12.5. The lowest BCUT2D eigenvalue weighted by Crippen LogP contribution is -2.58. The highest BCUT2D eigenvalue weighted by Gasteiger charge is 2.42. The van der Waals surface area contributed by atoms with E-state index in [0.29, 0.717) is 32.6 Å². The summed E-state index contributed by atoms with van der Waals surface area (Å²) in [7, 11) is 3.78. The van der Waals surface area contributed by atoms with E-state index in [2.05, 4.69) is 22.3 Å². The molecule has 7 heteroatoms. The summed E-state index contributed by atoms with van der Waals surface area (Å²) in [4.78, 5) is 16.6. The summed E-state index contributed by atoms with van der Waals surface area (Å²) in [6.45, 7) is 2.18. The quantitative estimate of drug-likeness (QED) is 0.795. The SMILES string of the molecule is CN(Cc1nncn1C)CC1(O)CCCN(CCc2ccccc2)C1=O. The molecule has 2 aromatic rings. The molecule has 1 N–H and O–H groups in total. The minimum atomic E-state index is -1.33. The van der Waals surface area contributed by atoms with E-state index in [1.54, 1.807) is 11.2 Å². The first-order valence-corrected chi connectivity index (χ1v) is 9.05. The Labute approximate surface area is 154 Å². The molecule has 26 heavy (non-hydrogen) atoms. The predicted octanol–water partition coefficient (Wildman–Crippen LogP) is 0.843. The number of hydrogen-bond acceptors (Lipinski definition) is 5. The monoisotopic (exact) mass is 357 g/mol. The van der Waals surface area contributed by atoms with Crippen LogP contribution in [0.4, 0.5) is 0 Å². The molecule has 2 heterocycles. The van der Waals surface area contributed by atoms with Gasteiger partial charge in [-0.2, -0.15) is 0 Å². The molecule has 0 saturated carbocycles. The molecule has 1 atom stereocenters. The Balaban J connectivity index is 1.59. The molecule has 1 aliphatic heterocycles. The van der Waals surface area contributed by atoms with Crippen LogP contribution in [0.2, 0.25) is 0 Å². The fourth-order valence-corrected chi connectivity index (χ4v) is 3.53. The van der Waals surface area contributed by atoms with Crippen LogP contribution in [-0.2, 0) is 24.8 Å². The number of carbonyl (C=O) groups excluding carboxylic acids is 1. The van der Waals surface area contributed by atoms with Crippen LogP contribution in [0.3, 0.4) is 0 Å². The van der Waals surface area contributed by atoms with E-state index in [1.807, 2.05) is 41.8 Å². The van der Waals surface area contributed by atoms with Gasteiger partial charge in [-0.05, 0) is 31.9 Å². The smallest absolute Gasteiger partial charge is 0.255 e. The molecule has 1 aliphatic rings. The standard InChI is InChI=1S/C19H27N5O2/c1-22(13-17-21-20-15-23(17)2)14-19(26)10-6-11-24(18(19)25)12-9-16-7-4-3-5-8-16/h3-5,7-8,15,26H,6,9-14H2,1-2H3. The summed E-state index contributed by atoms with van der Waals surface area (Å²) in [5.41, 5.74) is -0.128. The van der Waals surface area contributed by atoms with Crippen molar-refractivity contribution in [3.05, 3.63) is 48.0 Å². The number of aliphatic hydroxyl groups is 1. The van der Waals surface area contributed by atoms with Crippen LogP contribution < -0.4 is 0 Å². The molecule has 0 spiro atoms. The average Bonchev–Trinajstić information content (AvgIpc) is 3.02. The van der Waals surface area contributed by atoms with Crippen LogP contribution in [-0.4, -0.2) is 67.9 Å². The minimum Gasteiger partial charge on any atom is -0.379 e. The van der Waals surface area contributed by atoms with Gasteiger partial charge in [-0.3, -0.25) is 9.69 Å². The summed E-state index contributed by atoms with van der Waals surface area (Å²) >= 11 is 0. The molecule has 1 unspecified atom stereocenters. The summed E-state index contributed by atoms with van der Waals surface area (Å²) in [6, 6.07) is 10.1. The molecule has 7 nitrogen and oxygen atoms in total. The molecule has 1 fully saturated rings. The van der Waals surface area contributed by atoms with Gasteiger partial charge < -0.3 is 14.6 Å². The van der Waals surface area contributed by atoms with Crippen LogP contribution in [0.1, 0.15) is 24.2 Å². The van der Waals surface area contributed by atoms with E-state index in [4.69, 9.17) is 0 Å². The number of hydrogen-bond donors (Lipinski definition) is 1. The number of rotatable bonds is 7. The van der Waals surface area contributed by atoms with Crippen molar-refractivity contribution in [2.75, 3.05) is 26.7 Å². The molecule has 1 amide bonds. The molecular weight excluding hydrogens is 330 g/mol. The Morgan fingerprint density at radius 2 is 2.08 bits per heavy atom. The molecule has 0 aliphatic carbocycles. The topological polar surface area (TPSA) is 74.5 Å². The maximum absolute atomic E-state index is 12.9. The number of nitrogens with zero attached hydrogens (tertiary/aromatic N) is 5. The Morgan fingerprint density at radius 3 is 2.77 bits per heavy atom. The van der Waals surface area contributed by atoms with Gasteiger partial charge in [-0.15, -0.1) is 10.2 Å². The third-order valence-electron chi connectivity index (χ3n) is 4.96. The number of amides is 1. The molecule has 1 aromatic carbocycles.